The molecule has 0 saturated carbocycles. The van der Waals surface area contributed by atoms with E-state index in [1.807, 2.05) is 54.6 Å². The molecule has 1 N–H and O–H groups in total. The molecule has 2 aliphatic rings. The number of carbonyl (C=O) groups is 1. The number of likely N-dealkylation sites (tertiary alicyclic amines) is 2. The maximum absolute atomic E-state index is 13.4. The average Bonchev–Trinajstić information content (AvgIpc) is 3.60. The Bertz CT molecular complexity index is 1380. The second-order valence-corrected chi connectivity index (χ2v) is 11.6. The standard InChI is InChI=1S/C32H33FN2O2S/c33-27-10-8-22(9-11-27)23-12-15-34(16-13-23)18-26-19-35(20-30(26)25-14-17-38-21-25)31(32(36)37)29-7-3-5-24-4-1-2-6-28(24)29/h1-11,14,17,21,23,26,30-31H,12-13,15-16,18-20H2,(H,36,37)/t26-,30+,31?/m1/s1. The van der Waals surface area contributed by atoms with Crippen LogP contribution >= 0.6 is 11.3 Å². The number of hydrogen-bond acceptors (Lipinski definition) is 4. The quantitative estimate of drug-likeness (QED) is 0.288. The maximum Gasteiger partial charge on any atom is 0.325 e. The number of halogens is 1. The summed E-state index contributed by atoms with van der Waals surface area (Å²) in [6, 6.07) is 22.6. The van der Waals surface area contributed by atoms with Gasteiger partial charge in [0.2, 0.25) is 0 Å². The van der Waals surface area contributed by atoms with Crippen molar-refractivity contribution in [2.45, 2.75) is 30.7 Å². The Morgan fingerprint density at radius 3 is 2.45 bits per heavy atom. The van der Waals surface area contributed by atoms with Gasteiger partial charge in [-0.1, -0.05) is 54.6 Å². The number of thiophene rings is 1. The van der Waals surface area contributed by atoms with E-state index in [-0.39, 0.29) is 5.82 Å². The molecule has 0 amide bonds. The van der Waals surface area contributed by atoms with Crippen LogP contribution in [0.5, 0.6) is 0 Å². The number of aliphatic carboxylic acids is 1. The summed E-state index contributed by atoms with van der Waals surface area (Å²) in [6.45, 7) is 4.50. The molecule has 0 bridgehead atoms. The lowest BCUT2D eigenvalue weighted by Crippen LogP contribution is -2.38. The zero-order valence-electron chi connectivity index (χ0n) is 21.4. The SMILES string of the molecule is O=C(O)C(c1cccc2ccccc12)N1C[C@@H](CN2CCC(c3ccc(F)cc3)CC2)[C@H](c2ccsc2)C1. The van der Waals surface area contributed by atoms with Crippen molar-refractivity contribution in [2.75, 3.05) is 32.7 Å². The first-order valence-electron chi connectivity index (χ1n) is 13.5. The first-order valence-corrected chi connectivity index (χ1v) is 14.5. The molecule has 0 aliphatic carbocycles. The van der Waals surface area contributed by atoms with Gasteiger partial charge in [-0.25, -0.2) is 4.39 Å². The summed E-state index contributed by atoms with van der Waals surface area (Å²) in [5.74, 6) is 0.185. The molecule has 0 spiro atoms. The zero-order valence-corrected chi connectivity index (χ0v) is 22.2. The van der Waals surface area contributed by atoms with Crippen LogP contribution < -0.4 is 0 Å². The van der Waals surface area contributed by atoms with Crippen molar-refractivity contribution in [1.82, 2.24) is 9.80 Å². The van der Waals surface area contributed by atoms with Crippen LogP contribution in [0.25, 0.3) is 10.8 Å². The maximum atomic E-state index is 13.4. The normalized spacial score (nSPS) is 22.1. The molecule has 3 aromatic carbocycles. The van der Waals surface area contributed by atoms with Gasteiger partial charge in [0, 0.05) is 25.6 Å². The van der Waals surface area contributed by atoms with E-state index in [1.165, 1.54) is 11.1 Å². The first kappa shape index (κ1) is 25.2. The van der Waals surface area contributed by atoms with Crippen molar-refractivity contribution in [1.29, 1.82) is 0 Å². The summed E-state index contributed by atoms with van der Waals surface area (Å²) in [4.78, 5) is 17.5. The third-order valence-electron chi connectivity index (χ3n) is 8.58. The Kier molecular flexibility index (Phi) is 7.28. The molecule has 6 heteroatoms. The Balaban J connectivity index is 1.21. The molecule has 4 nitrogen and oxygen atoms in total. The second kappa shape index (κ2) is 11.0. The predicted molar refractivity (Wildman–Crippen MR) is 151 cm³/mol. The van der Waals surface area contributed by atoms with Crippen LogP contribution in [0.3, 0.4) is 0 Å². The molecule has 196 valence electrons. The van der Waals surface area contributed by atoms with Gasteiger partial charge in [0.05, 0.1) is 0 Å². The number of rotatable bonds is 7. The van der Waals surface area contributed by atoms with Gasteiger partial charge in [0.25, 0.3) is 0 Å². The molecule has 2 fully saturated rings. The summed E-state index contributed by atoms with van der Waals surface area (Å²) in [7, 11) is 0. The minimum absolute atomic E-state index is 0.181. The van der Waals surface area contributed by atoms with E-state index in [4.69, 9.17) is 0 Å². The van der Waals surface area contributed by atoms with E-state index in [2.05, 4.69) is 26.6 Å². The number of nitrogens with zero attached hydrogens (tertiary/aromatic N) is 2. The Hall–Kier alpha value is -3.06. The van der Waals surface area contributed by atoms with E-state index in [1.54, 1.807) is 23.5 Å². The lowest BCUT2D eigenvalue weighted by atomic mass is 9.87. The fourth-order valence-corrected chi connectivity index (χ4v) is 7.38. The minimum Gasteiger partial charge on any atom is -0.480 e. The lowest BCUT2D eigenvalue weighted by molar-refractivity contribution is -0.143. The van der Waals surface area contributed by atoms with E-state index < -0.39 is 12.0 Å². The van der Waals surface area contributed by atoms with Crippen molar-refractivity contribution in [3.63, 3.8) is 0 Å². The second-order valence-electron chi connectivity index (χ2n) is 10.8. The predicted octanol–water partition coefficient (Wildman–Crippen LogP) is 6.76. The molecule has 1 aromatic heterocycles. The number of piperidine rings is 1. The van der Waals surface area contributed by atoms with Crippen LogP contribution in [0.4, 0.5) is 4.39 Å². The van der Waals surface area contributed by atoms with Gasteiger partial charge in [-0.05, 0) is 94.2 Å². The van der Waals surface area contributed by atoms with E-state index in [0.29, 0.717) is 17.8 Å². The molecule has 1 unspecified atom stereocenters. The highest BCUT2D eigenvalue weighted by molar-refractivity contribution is 7.08. The van der Waals surface area contributed by atoms with Crippen LogP contribution in [-0.2, 0) is 4.79 Å². The molecule has 0 radical (unpaired) electrons. The van der Waals surface area contributed by atoms with Gasteiger partial charge in [-0.15, -0.1) is 0 Å². The van der Waals surface area contributed by atoms with Gasteiger partial charge in [-0.3, -0.25) is 9.69 Å². The molecule has 2 aliphatic heterocycles. The fourth-order valence-electron chi connectivity index (χ4n) is 6.65. The monoisotopic (exact) mass is 528 g/mol. The lowest BCUT2D eigenvalue weighted by Gasteiger charge is -2.35. The van der Waals surface area contributed by atoms with Crippen molar-refractivity contribution in [3.8, 4) is 0 Å². The molecular weight excluding hydrogens is 495 g/mol. The molecule has 3 heterocycles. The molecular formula is C32H33FN2O2S. The number of carboxylic acids is 1. The molecule has 2 saturated heterocycles. The molecule has 4 aromatic rings. The fraction of sp³-hybridized carbons (Fsp3) is 0.344. The third-order valence-corrected chi connectivity index (χ3v) is 9.28. The van der Waals surface area contributed by atoms with Crippen molar-refractivity contribution >= 4 is 28.1 Å². The summed E-state index contributed by atoms with van der Waals surface area (Å²) < 4.78 is 13.4. The summed E-state index contributed by atoms with van der Waals surface area (Å²) >= 11 is 1.71. The Labute approximate surface area is 227 Å². The van der Waals surface area contributed by atoms with Crippen LogP contribution in [0.1, 0.15) is 47.4 Å². The number of fused-ring (bicyclic) bond motifs is 1. The molecule has 6 rings (SSSR count). The van der Waals surface area contributed by atoms with Gasteiger partial charge in [0.15, 0.2) is 0 Å². The highest BCUT2D eigenvalue weighted by Gasteiger charge is 2.41. The third kappa shape index (κ3) is 5.13. The van der Waals surface area contributed by atoms with Crippen molar-refractivity contribution in [2.24, 2.45) is 5.92 Å². The summed E-state index contributed by atoms with van der Waals surface area (Å²) in [5.41, 5.74) is 3.43. The van der Waals surface area contributed by atoms with Gasteiger partial charge >= 0.3 is 5.97 Å². The van der Waals surface area contributed by atoms with Crippen molar-refractivity contribution < 1.29 is 14.3 Å². The number of carboxylic acid groups (broad SMARTS) is 1. The van der Waals surface area contributed by atoms with Crippen LogP contribution in [0, 0.1) is 11.7 Å². The highest BCUT2D eigenvalue weighted by atomic mass is 32.1. The average molecular weight is 529 g/mol. The topological polar surface area (TPSA) is 43.8 Å². The summed E-state index contributed by atoms with van der Waals surface area (Å²) in [6.07, 6.45) is 2.14. The highest BCUT2D eigenvalue weighted by Crippen LogP contribution is 2.40. The first-order chi connectivity index (χ1) is 18.6. The summed E-state index contributed by atoms with van der Waals surface area (Å²) in [5, 5.41) is 16.9. The molecule has 38 heavy (non-hydrogen) atoms. The van der Waals surface area contributed by atoms with Crippen LogP contribution in [0.15, 0.2) is 83.6 Å². The minimum atomic E-state index is -0.786. The smallest absolute Gasteiger partial charge is 0.325 e. The Morgan fingerprint density at radius 1 is 0.947 bits per heavy atom. The van der Waals surface area contributed by atoms with Gasteiger partial charge < -0.3 is 10.0 Å². The van der Waals surface area contributed by atoms with Crippen LogP contribution in [0.2, 0.25) is 0 Å². The Morgan fingerprint density at radius 2 is 1.71 bits per heavy atom. The van der Waals surface area contributed by atoms with E-state index >= 15 is 0 Å². The molecule has 3 atom stereocenters. The van der Waals surface area contributed by atoms with Gasteiger partial charge in [-0.2, -0.15) is 11.3 Å². The number of benzene rings is 3. The largest absolute Gasteiger partial charge is 0.480 e. The zero-order chi connectivity index (χ0) is 26.1. The van der Waals surface area contributed by atoms with E-state index in [9.17, 15) is 14.3 Å². The van der Waals surface area contributed by atoms with E-state index in [0.717, 1.165) is 61.9 Å². The number of hydrogen-bond donors (Lipinski definition) is 1. The van der Waals surface area contributed by atoms with Crippen LogP contribution in [-0.4, -0.2) is 53.6 Å². The van der Waals surface area contributed by atoms with Gasteiger partial charge in [0.1, 0.15) is 11.9 Å². The van der Waals surface area contributed by atoms with Crippen molar-refractivity contribution in [3.05, 3.63) is 106 Å².